The van der Waals surface area contributed by atoms with Gasteiger partial charge in [-0.15, -0.1) is 0 Å². The Labute approximate surface area is 185 Å². The molecule has 7 nitrogen and oxygen atoms in total. The third kappa shape index (κ3) is 5.50. The molecule has 158 valence electrons. The van der Waals surface area contributed by atoms with E-state index in [1.807, 2.05) is 45.0 Å². The van der Waals surface area contributed by atoms with E-state index in [4.69, 9.17) is 21.2 Å². The average molecular weight is 437 g/mol. The highest BCUT2D eigenvalue weighted by Gasteiger charge is 2.20. The first-order valence-electron chi connectivity index (χ1n) is 9.50. The fraction of sp³-hybridized carbons (Fsp3) is 0.217. The van der Waals surface area contributed by atoms with Gasteiger partial charge >= 0.3 is 0 Å². The lowest BCUT2D eigenvalue weighted by atomic mass is 10.1. The van der Waals surface area contributed by atoms with E-state index in [1.165, 1.54) is 10.9 Å². The number of hydrogen-bond donors (Lipinski definition) is 0. The second kappa shape index (κ2) is 9.45. The van der Waals surface area contributed by atoms with Crippen molar-refractivity contribution in [3.63, 3.8) is 0 Å². The van der Waals surface area contributed by atoms with Crippen LogP contribution in [0.5, 0.6) is 11.5 Å². The lowest BCUT2D eigenvalue weighted by molar-refractivity contribution is 0.131. The maximum atomic E-state index is 12.4. The van der Waals surface area contributed by atoms with Crippen LogP contribution in [-0.2, 0) is 17.0 Å². The van der Waals surface area contributed by atoms with Crippen molar-refractivity contribution in [3.05, 3.63) is 87.3 Å². The zero-order chi connectivity index (χ0) is 22.4. The van der Waals surface area contributed by atoms with E-state index in [-0.39, 0.29) is 23.1 Å². The Morgan fingerprint density at radius 2 is 1.84 bits per heavy atom. The van der Waals surface area contributed by atoms with Crippen LogP contribution in [0, 0.1) is 11.3 Å². The number of rotatable bonds is 6. The fourth-order valence-electron chi connectivity index (χ4n) is 2.65. The third-order valence-electron chi connectivity index (χ3n) is 4.21. The van der Waals surface area contributed by atoms with E-state index in [0.29, 0.717) is 11.3 Å². The standard InChI is InChI=1S/C23H21ClN4O3/c1-23(2,3)28-22(29)21(24)20(14-26-28)31-18-11-9-16(10-12-18)15-30-27-19(13-25)17-7-5-4-6-8-17/h4-12,14H,15H2,1-3H3. The molecule has 0 aliphatic rings. The van der Waals surface area contributed by atoms with Gasteiger partial charge in [-0.3, -0.25) is 4.79 Å². The van der Waals surface area contributed by atoms with Crippen LogP contribution in [-0.4, -0.2) is 15.5 Å². The maximum absolute atomic E-state index is 12.4. The van der Waals surface area contributed by atoms with Gasteiger partial charge in [0.25, 0.3) is 5.56 Å². The highest BCUT2D eigenvalue weighted by molar-refractivity contribution is 6.31. The van der Waals surface area contributed by atoms with Crippen molar-refractivity contribution in [1.29, 1.82) is 5.26 Å². The molecule has 0 atom stereocenters. The minimum Gasteiger partial charge on any atom is -0.454 e. The summed E-state index contributed by atoms with van der Waals surface area (Å²) in [7, 11) is 0. The molecule has 0 amide bonds. The van der Waals surface area contributed by atoms with Crippen LogP contribution in [0.3, 0.4) is 0 Å². The van der Waals surface area contributed by atoms with Crippen molar-refractivity contribution in [3.8, 4) is 17.6 Å². The van der Waals surface area contributed by atoms with Gasteiger partial charge in [-0.25, -0.2) is 4.68 Å². The van der Waals surface area contributed by atoms with Crippen LogP contribution in [0.4, 0.5) is 0 Å². The van der Waals surface area contributed by atoms with Gasteiger partial charge in [0.2, 0.25) is 0 Å². The molecule has 1 heterocycles. The topological polar surface area (TPSA) is 89.5 Å². The first-order valence-corrected chi connectivity index (χ1v) is 9.88. The highest BCUT2D eigenvalue weighted by Crippen LogP contribution is 2.27. The van der Waals surface area contributed by atoms with Gasteiger partial charge in [-0.2, -0.15) is 10.4 Å². The number of hydrogen-bond acceptors (Lipinski definition) is 6. The van der Waals surface area contributed by atoms with Gasteiger partial charge in [0, 0.05) is 5.56 Å². The maximum Gasteiger partial charge on any atom is 0.289 e. The summed E-state index contributed by atoms with van der Waals surface area (Å²) in [4.78, 5) is 17.7. The van der Waals surface area contributed by atoms with Crippen molar-refractivity contribution in [2.45, 2.75) is 32.9 Å². The summed E-state index contributed by atoms with van der Waals surface area (Å²) < 4.78 is 7.02. The van der Waals surface area contributed by atoms with E-state index in [1.54, 1.807) is 36.4 Å². The van der Waals surface area contributed by atoms with E-state index in [0.717, 1.165) is 5.56 Å². The second-order valence-corrected chi connectivity index (χ2v) is 8.03. The van der Waals surface area contributed by atoms with Gasteiger partial charge in [0.15, 0.2) is 16.5 Å². The van der Waals surface area contributed by atoms with Crippen molar-refractivity contribution in [2.24, 2.45) is 5.16 Å². The number of ether oxygens (including phenoxy) is 1. The Bertz CT molecular complexity index is 1170. The van der Waals surface area contributed by atoms with Crippen molar-refractivity contribution >= 4 is 17.3 Å². The number of benzene rings is 2. The summed E-state index contributed by atoms with van der Waals surface area (Å²) in [6.07, 6.45) is 1.42. The Kier molecular flexibility index (Phi) is 6.73. The molecule has 0 aliphatic heterocycles. The molecule has 0 aliphatic carbocycles. The van der Waals surface area contributed by atoms with E-state index in [9.17, 15) is 10.1 Å². The zero-order valence-corrected chi connectivity index (χ0v) is 18.1. The first-order chi connectivity index (χ1) is 14.8. The quantitative estimate of drug-likeness (QED) is 0.405. The van der Waals surface area contributed by atoms with Gasteiger partial charge in [-0.1, -0.05) is 59.2 Å². The molecule has 1 aromatic heterocycles. The lowest BCUT2D eigenvalue weighted by Crippen LogP contribution is -2.36. The second-order valence-electron chi connectivity index (χ2n) is 7.65. The number of oxime groups is 1. The van der Waals surface area contributed by atoms with Crippen molar-refractivity contribution in [2.75, 3.05) is 0 Å². The van der Waals surface area contributed by atoms with Crippen LogP contribution in [0.25, 0.3) is 0 Å². The Balaban J connectivity index is 1.66. The molecule has 2 aromatic carbocycles. The van der Waals surface area contributed by atoms with E-state index < -0.39 is 11.1 Å². The molecule has 31 heavy (non-hydrogen) atoms. The van der Waals surface area contributed by atoms with Crippen LogP contribution in [0.15, 0.2) is 70.7 Å². The molecular formula is C23H21ClN4O3. The molecule has 3 rings (SSSR count). The van der Waals surface area contributed by atoms with Crippen LogP contribution < -0.4 is 10.3 Å². The average Bonchev–Trinajstić information content (AvgIpc) is 2.75. The Hall–Kier alpha value is -3.63. The third-order valence-corrected chi connectivity index (χ3v) is 4.56. The zero-order valence-electron chi connectivity index (χ0n) is 17.4. The largest absolute Gasteiger partial charge is 0.454 e. The molecule has 0 fully saturated rings. The molecular weight excluding hydrogens is 416 g/mol. The highest BCUT2D eigenvalue weighted by atomic mass is 35.5. The number of nitriles is 1. The molecule has 8 heteroatoms. The molecule has 0 saturated heterocycles. The minimum absolute atomic E-state index is 0.0309. The number of nitrogens with zero attached hydrogens (tertiary/aromatic N) is 4. The van der Waals surface area contributed by atoms with E-state index in [2.05, 4.69) is 10.3 Å². The predicted molar refractivity (Wildman–Crippen MR) is 118 cm³/mol. The van der Waals surface area contributed by atoms with E-state index >= 15 is 0 Å². The van der Waals surface area contributed by atoms with Crippen molar-refractivity contribution in [1.82, 2.24) is 9.78 Å². The first kappa shape index (κ1) is 22.1. The smallest absolute Gasteiger partial charge is 0.289 e. The predicted octanol–water partition coefficient (Wildman–Crippen LogP) is 4.89. The molecule has 0 radical (unpaired) electrons. The summed E-state index contributed by atoms with van der Waals surface area (Å²) in [5, 5.41) is 17.3. The molecule has 0 N–H and O–H groups in total. The molecule has 0 saturated carbocycles. The van der Waals surface area contributed by atoms with Gasteiger partial charge < -0.3 is 9.57 Å². The minimum atomic E-state index is -0.491. The molecule has 0 bridgehead atoms. The summed E-state index contributed by atoms with van der Waals surface area (Å²) >= 11 is 6.19. The summed E-state index contributed by atoms with van der Waals surface area (Å²) in [6, 6.07) is 18.1. The molecule has 3 aromatic rings. The lowest BCUT2D eigenvalue weighted by Gasteiger charge is -2.21. The number of halogens is 1. The summed E-state index contributed by atoms with van der Waals surface area (Å²) in [5.41, 5.74) is 0.811. The van der Waals surface area contributed by atoms with Gasteiger partial charge in [0.1, 0.15) is 18.4 Å². The molecule has 0 unspecified atom stereocenters. The van der Waals surface area contributed by atoms with Crippen molar-refractivity contribution < 1.29 is 9.57 Å². The fourth-order valence-corrected chi connectivity index (χ4v) is 2.82. The van der Waals surface area contributed by atoms with Gasteiger partial charge in [-0.05, 0) is 38.5 Å². The van der Waals surface area contributed by atoms with Crippen LogP contribution in [0.2, 0.25) is 5.02 Å². The SMILES string of the molecule is CC(C)(C)n1ncc(Oc2ccc(CON=C(C#N)c3ccccc3)cc2)c(Cl)c1=O. The normalized spacial score (nSPS) is 11.6. The molecule has 0 spiro atoms. The van der Waals surface area contributed by atoms with Crippen LogP contribution >= 0.6 is 11.6 Å². The monoisotopic (exact) mass is 436 g/mol. The van der Waals surface area contributed by atoms with Gasteiger partial charge in [0.05, 0.1) is 11.7 Å². The van der Waals surface area contributed by atoms with Crippen LogP contribution in [0.1, 0.15) is 31.9 Å². The number of aromatic nitrogens is 2. The Morgan fingerprint density at radius 3 is 2.45 bits per heavy atom. The Morgan fingerprint density at radius 1 is 1.16 bits per heavy atom. The summed E-state index contributed by atoms with van der Waals surface area (Å²) in [5.74, 6) is 0.674. The summed E-state index contributed by atoms with van der Waals surface area (Å²) in [6.45, 7) is 5.77.